The van der Waals surface area contributed by atoms with Gasteiger partial charge in [-0.25, -0.2) is 13.2 Å². The van der Waals surface area contributed by atoms with Crippen LogP contribution in [0.15, 0.2) is 53.4 Å². The quantitative estimate of drug-likeness (QED) is 0.407. The molecular formula is C18H20N2O6S. The van der Waals surface area contributed by atoms with E-state index >= 15 is 0 Å². The Kier molecular flexibility index (Phi) is 6.17. The van der Waals surface area contributed by atoms with Crippen LogP contribution in [-0.4, -0.2) is 32.0 Å². The number of sulfonamides is 1. The first kappa shape index (κ1) is 20.4. The Hall–Kier alpha value is -2.94. The molecule has 0 aliphatic rings. The van der Waals surface area contributed by atoms with Crippen LogP contribution >= 0.6 is 0 Å². The largest absolute Gasteiger partial charge is 0.464 e. The zero-order chi connectivity index (χ0) is 20.2. The van der Waals surface area contributed by atoms with E-state index < -0.39 is 27.0 Å². The molecule has 0 saturated carbocycles. The minimum absolute atomic E-state index is 0.113. The number of anilines is 1. The summed E-state index contributed by atoms with van der Waals surface area (Å²) in [5.41, 5.74) is 0.755. The molecule has 0 aromatic heterocycles. The monoisotopic (exact) mass is 392 g/mol. The van der Waals surface area contributed by atoms with Crippen LogP contribution in [0.25, 0.3) is 0 Å². The van der Waals surface area contributed by atoms with E-state index in [9.17, 15) is 23.3 Å². The summed E-state index contributed by atoms with van der Waals surface area (Å²) in [7, 11) is -4.17. The molecule has 2 aromatic rings. The lowest BCUT2D eigenvalue weighted by Gasteiger charge is -2.30. The van der Waals surface area contributed by atoms with Crippen molar-refractivity contribution in [3.05, 3.63) is 64.2 Å². The molecule has 0 spiro atoms. The second kappa shape index (κ2) is 8.17. The van der Waals surface area contributed by atoms with Crippen LogP contribution in [0.2, 0.25) is 0 Å². The zero-order valence-electron chi connectivity index (χ0n) is 15.2. The Morgan fingerprint density at radius 1 is 1.19 bits per heavy atom. The molecule has 8 nitrogen and oxygen atoms in total. The Morgan fingerprint density at radius 2 is 1.78 bits per heavy atom. The molecular weight excluding hydrogens is 372 g/mol. The second-order valence-electron chi connectivity index (χ2n) is 5.77. The van der Waals surface area contributed by atoms with Gasteiger partial charge in [-0.05, 0) is 44.5 Å². The first-order chi connectivity index (χ1) is 12.7. The van der Waals surface area contributed by atoms with Gasteiger partial charge in [0, 0.05) is 12.1 Å². The van der Waals surface area contributed by atoms with Crippen molar-refractivity contribution in [1.82, 2.24) is 0 Å². The van der Waals surface area contributed by atoms with Gasteiger partial charge in [-0.15, -0.1) is 0 Å². The Bertz CT molecular complexity index is 941. The van der Waals surface area contributed by atoms with Gasteiger partial charge in [0.05, 0.1) is 22.1 Å². The maximum Gasteiger partial charge on any atom is 0.329 e. The minimum atomic E-state index is -4.17. The van der Waals surface area contributed by atoms with Gasteiger partial charge >= 0.3 is 5.97 Å². The van der Waals surface area contributed by atoms with Crippen molar-refractivity contribution in [1.29, 1.82) is 0 Å². The molecule has 9 heteroatoms. The summed E-state index contributed by atoms with van der Waals surface area (Å²) in [4.78, 5) is 22.3. The first-order valence-electron chi connectivity index (χ1n) is 8.21. The highest BCUT2D eigenvalue weighted by Crippen LogP contribution is 2.30. The topological polar surface area (TPSA) is 107 Å². The van der Waals surface area contributed by atoms with Crippen molar-refractivity contribution >= 4 is 27.4 Å². The van der Waals surface area contributed by atoms with Crippen molar-refractivity contribution in [2.75, 3.05) is 10.9 Å². The molecule has 0 heterocycles. The number of carbonyl (C=O) groups is 1. The minimum Gasteiger partial charge on any atom is -0.464 e. The number of hydrogen-bond donors (Lipinski definition) is 0. The van der Waals surface area contributed by atoms with Gasteiger partial charge in [-0.1, -0.05) is 18.2 Å². The number of ether oxygens (including phenoxy) is 1. The molecule has 27 heavy (non-hydrogen) atoms. The van der Waals surface area contributed by atoms with E-state index in [2.05, 4.69) is 0 Å². The fourth-order valence-electron chi connectivity index (χ4n) is 2.57. The lowest BCUT2D eigenvalue weighted by Crippen LogP contribution is -2.44. The van der Waals surface area contributed by atoms with Gasteiger partial charge in [0.1, 0.15) is 6.04 Å². The molecule has 0 aliphatic carbocycles. The Balaban J connectivity index is 2.59. The molecule has 0 amide bonds. The number of hydrogen-bond acceptors (Lipinski definition) is 6. The number of esters is 1. The van der Waals surface area contributed by atoms with Crippen LogP contribution in [0.4, 0.5) is 11.4 Å². The third kappa shape index (κ3) is 4.25. The second-order valence-corrected chi connectivity index (χ2v) is 7.58. The van der Waals surface area contributed by atoms with Gasteiger partial charge in [0.25, 0.3) is 15.7 Å². The molecule has 0 fully saturated rings. The molecule has 0 aliphatic heterocycles. The normalized spacial score (nSPS) is 12.3. The summed E-state index contributed by atoms with van der Waals surface area (Å²) < 4.78 is 32.5. The molecule has 2 rings (SSSR count). The number of nitrogens with zero attached hydrogens (tertiary/aromatic N) is 2. The highest BCUT2D eigenvalue weighted by Gasteiger charge is 2.35. The van der Waals surface area contributed by atoms with Gasteiger partial charge in [-0.2, -0.15) is 0 Å². The van der Waals surface area contributed by atoms with E-state index in [-0.39, 0.29) is 17.2 Å². The molecule has 0 saturated heterocycles. The van der Waals surface area contributed by atoms with E-state index in [1.54, 1.807) is 38.1 Å². The Labute approximate surface area is 157 Å². The maximum absolute atomic E-state index is 13.3. The highest BCUT2D eigenvalue weighted by atomic mass is 32.2. The van der Waals surface area contributed by atoms with Gasteiger partial charge in [0.2, 0.25) is 0 Å². The number of aryl methyl sites for hydroxylation is 1. The summed E-state index contributed by atoms with van der Waals surface area (Å²) in [5, 5.41) is 10.8. The lowest BCUT2D eigenvalue weighted by molar-refractivity contribution is -0.384. The molecule has 2 aromatic carbocycles. The molecule has 0 unspecified atom stereocenters. The van der Waals surface area contributed by atoms with Crippen LogP contribution in [-0.2, 0) is 19.6 Å². The fourth-order valence-corrected chi connectivity index (χ4v) is 4.24. The van der Waals surface area contributed by atoms with E-state index in [1.165, 1.54) is 6.92 Å². The predicted molar refractivity (Wildman–Crippen MR) is 100 cm³/mol. The summed E-state index contributed by atoms with van der Waals surface area (Å²) in [6, 6.07) is 10.1. The van der Waals surface area contributed by atoms with Crippen LogP contribution < -0.4 is 4.31 Å². The van der Waals surface area contributed by atoms with E-state index in [4.69, 9.17) is 4.74 Å². The van der Waals surface area contributed by atoms with Crippen LogP contribution in [0.5, 0.6) is 0 Å². The number of non-ortho nitro benzene ring substituents is 1. The third-order valence-electron chi connectivity index (χ3n) is 3.94. The van der Waals surface area contributed by atoms with Gasteiger partial charge in [-0.3, -0.25) is 14.4 Å². The molecule has 144 valence electrons. The van der Waals surface area contributed by atoms with Crippen molar-refractivity contribution in [3.8, 4) is 0 Å². The van der Waals surface area contributed by atoms with Crippen molar-refractivity contribution in [2.45, 2.75) is 31.7 Å². The smallest absolute Gasteiger partial charge is 0.329 e. The van der Waals surface area contributed by atoms with Crippen LogP contribution in [0.3, 0.4) is 0 Å². The number of para-hydroxylation sites is 1. The first-order valence-corrected chi connectivity index (χ1v) is 9.65. The SMILES string of the molecule is CCOC(=O)[C@@H](C)N(c1ccccc1C)S(=O)(=O)c1ccc([N+](=O)[O-])cc1. The van der Waals surface area contributed by atoms with Gasteiger partial charge in [0.15, 0.2) is 0 Å². The number of carbonyl (C=O) groups excluding carboxylic acids is 1. The number of benzene rings is 2. The lowest BCUT2D eigenvalue weighted by atomic mass is 10.2. The molecule has 0 N–H and O–H groups in total. The van der Waals surface area contributed by atoms with Gasteiger partial charge < -0.3 is 4.74 Å². The highest BCUT2D eigenvalue weighted by molar-refractivity contribution is 7.93. The maximum atomic E-state index is 13.3. The van der Waals surface area contributed by atoms with Crippen molar-refractivity contribution in [2.24, 2.45) is 0 Å². The van der Waals surface area contributed by atoms with E-state index in [0.717, 1.165) is 28.6 Å². The average Bonchev–Trinajstić information content (AvgIpc) is 2.63. The predicted octanol–water partition coefficient (Wildman–Crippen LogP) is 3.05. The Morgan fingerprint density at radius 3 is 2.30 bits per heavy atom. The summed E-state index contributed by atoms with van der Waals surface area (Å²) in [6.45, 7) is 4.91. The number of nitro groups is 1. The summed E-state index contributed by atoms with van der Waals surface area (Å²) >= 11 is 0. The molecule has 0 radical (unpaired) electrons. The standard InChI is InChI=1S/C18H20N2O6S/c1-4-26-18(21)14(3)19(17-8-6-5-7-13(17)2)27(24,25)16-11-9-15(10-12-16)20(22)23/h5-12,14H,4H2,1-3H3/t14-/m1/s1. The zero-order valence-corrected chi connectivity index (χ0v) is 16.0. The fraction of sp³-hybridized carbons (Fsp3) is 0.278. The van der Waals surface area contributed by atoms with Crippen molar-refractivity contribution < 1.29 is 22.9 Å². The van der Waals surface area contributed by atoms with Crippen LogP contribution in [0.1, 0.15) is 19.4 Å². The average molecular weight is 392 g/mol. The van der Waals surface area contributed by atoms with Crippen molar-refractivity contribution in [3.63, 3.8) is 0 Å². The van der Waals surface area contributed by atoms with E-state index in [0.29, 0.717) is 11.3 Å². The van der Waals surface area contributed by atoms with Crippen LogP contribution in [0, 0.1) is 17.0 Å². The number of rotatable bonds is 7. The molecule has 0 bridgehead atoms. The number of nitro benzene ring substituents is 1. The van der Waals surface area contributed by atoms with E-state index in [1.807, 2.05) is 0 Å². The summed E-state index contributed by atoms with van der Waals surface area (Å²) in [6.07, 6.45) is 0. The third-order valence-corrected chi connectivity index (χ3v) is 5.84. The summed E-state index contributed by atoms with van der Waals surface area (Å²) in [5.74, 6) is -0.689. The molecule has 1 atom stereocenters.